The number of carbonyl (C=O) groups excluding carboxylic acids is 2. The second kappa shape index (κ2) is 12.0. The molecule has 1 aliphatic heterocycles. The number of rotatable bonds is 8. The highest BCUT2D eigenvalue weighted by atomic mass is 19.1. The summed E-state index contributed by atoms with van der Waals surface area (Å²) in [5, 5.41) is 2.83. The molecule has 204 valence electrons. The molecule has 0 radical (unpaired) electrons. The fourth-order valence-corrected chi connectivity index (χ4v) is 5.75. The van der Waals surface area contributed by atoms with Gasteiger partial charge in [0.1, 0.15) is 17.4 Å². The molecule has 1 heterocycles. The molecular weight excluding hydrogens is 498 g/mol. The van der Waals surface area contributed by atoms with Crippen LogP contribution in [0.15, 0.2) is 66.7 Å². The zero-order valence-electron chi connectivity index (χ0n) is 22.2. The maximum Gasteiger partial charge on any atom is 0.261 e. The monoisotopic (exact) mass is 532 g/mol. The fourth-order valence-electron chi connectivity index (χ4n) is 5.75. The maximum absolute atomic E-state index is 13.8. The molecule has 0 spiro atoms. The van der Waals surface area contributed by atoms with E-state index in [-0.39, 0.29) is 42.0 Å². The predicted octanol–water partition coefficient (Wildman–Crippen LogP) is 6.10. The van der Waals surface area contributed by atoms with Gasteiger partial charge in [-0.25, -0.2) is 8.78 Å². The molecule has 2 amide bonds. The van der Waals surface area contributed by atoms with Crippen molar-refractivity contribution < 1.29 is 23.1 Å². The fraction of sp³-hybridized carbons (Fsp3) is 0.375. The lowest BCUT2D eigenvalue weighted by molar-refractivity contribution is -0.137. The normalized spacial score (nSPS) is 17.9. The third-order valence-corrected chi connectivity index (χ3v) is 7.82. The van der Waals surface area contributed by atoms with Crippen LogP contribution in [0.5, 0.6) is 5.75 Å². The quantitative estimate of drug-likeness (QED) is 0.381. The van der Waals surface area contributed by atoms with Crippen LogP contribution in [0.1, 0.15) is 67.3 Å². The molecule has 3 aromatic rings. The Bertz CT molecular complexity index is 1320. The van der Waals surface area contributed by atoms with Crippen LogP contribution in [0.4, 0.5) is 8.78 Å². The van der Waals surface area contributed by atoms with Gasteiger partial charge in [-0.2, -0.15) is 0 Å². The summed E-state index contributed by atoms with van der Waals surface area (Å²) in [6.07, 6.45) is 4.38. The largest absolute Gasteiger partial charge is 0.481 e. The van der Waals surface area contributed by atoms with Gasteiger partial charge >= 0.3 is 0 Å². The molecule has 2 unspecified atom stereocenters. The lowest BCUT2D eigenvalue weighted by atomic mass is 9.87. The smallest absolute Gasteiger partial charge is 0.261 e. The average Bonchev–Trinajstić information content (AvgIpc) is 3.49. The molecule has 1 fully saturated rings. The summed E-state index contributed by atoms with van der Waals surface area (Å²) in [6.45, 7) is 2.67. The van der Waals surface area contributed by atoms with Crippen molar-refractivity contribution in [3.63, 3.8) is 0 Å². The van der Waals surface area contributed by atoms with Gasteiger partial charge in [0.05, 0.1) is 6.04 Å². The third-order valence-electron chi connectivity index (χ3n) is 7.82. The van der Waals surface area contributed by atoms with Crippen molar-refractivity contribution in [3.8, 4) is 5.75 Å². The lowest BCUT2D eigenvalue weighted by Gasteiger charge is -2.39. The Morgan fingerprint density at radius 3 is 2.49 bits per heavy atom. The van der Waals surface area contributed by atoms with E-state index in [0.29, 0.717) is 24.3 Å². The first kappa shape index (κ1) is 26.9. The van der Waals surface area contributed by atoms with E-state index in [1.54, 1.807) is 24.3 Å². The van der Waals surface area contributed by atoms with Gasteiger partial charge in [-0.15, -0.1) is 0 Å². The van der Waals surface area contributed by atoms with Gasteiger partial charge in [-0.3, -0.25) is 9.59 Å². The zero-order valence-corrected chi connectivity index (χ0v) is 22.2. The molecule has 0 bridgehead atoms. The number of nitrogens with one attached hydrogen (secondary N) is 1. The van der Waals surface area contributed by atoms with E-state index in [1.807, 2.05) is 30.0 Å². The number of hydrogen-bond donors (Lipinski definition) is 1. The number of nitrogens with zero attached hydrogens (tertiary/aromatic N) is 1. The van der Waals surface area contributed by atoms with Crippen molar-refractivity contribution in [2.75, 3.05) is 6.54 Å². The molecule has 5 nitrogen and oxygen atoms in total. The number of hydrogen-bond acceptors (Lipinski definition) is 3. The molecule has 2 aliphatic rings. The molecule has 1 aliphatic carbocycles. The topological polar surface area (TPSA) is 58.6 Å². The van der Waals surface area contributed by atoms with Crippen molar-refractivity contribution in [2.24, 2.45) is 5.92 Å². The minimum Gasteiger partial charge on any atom is -0.481 e. The molecular formula is C32H34F2N2O3. The third kappa shape index (κ3) is 6.13. The molecule has 0 aromatic heterocycles. The van der Waals surface area contributed by atoms with Crippen molar-refractivity contribution in [3.05, 3.63) is 101 Å². The van der Waals surface area contributed by atoms with E-state index in [9.17, 15) is 18.4 Å². The Morgan fingerprint density at radius 1 is 1.00 bits per heavy atom. The Kier molecular flexibility index (Phi) is 8.24. The van der Waals surface area contributed by atoms with Gasteiger partial charge in [-0.05, 0) is 84.3 Å². The number of halogens is 2. The molecule has 1 saturated carbocycles. The Labute approximate surface area is 228 Å². The van der Waals surface area contributed by atoms with Crippen LogP contribution in [0.2, 0.25) is 0 Å². The second-order valence-electron chi connectivity index (χ2n) is 10.4. The van der Waals surface area contributed by atoms with Crippen molar-refractivity contribution in [1.29, 1.82) is 0 Å². The summed E-state index contributed by atoms with van der Waals surface area (Å²) in [6, 6.07) is 17.9. The van der Waals surface area contributed by atoms with Crippen LogP contribution in [0.3, 0.4) is 0 Å². The Hall–Kier alpha value is -3.74. The van der Waals surface area contributed by atoms with Crippen molar-refractivity contribution >= 4 is 11.8 Å². The standard InChI is InChI=1S/C32H34F2N2O3/c1-2-29(31(37)35-20-21-6-5-9-26(34)18-21)39-27-15-12-22-16-17-36(32(38)24-7-3-4-8-24)30(28(22)19-27)23-10-13-25(33)14-11-23/h5-6,9-15,18-19,24,29-30H,2-4,7-8,16-17,20H2,1H3,(H,35,37). The van der Waals surface area contributed by atoms with Gasteiger partial charge in [0.15, 0.2) is 6.10 Å². The summed E-state index contributed by atoms with van der Waals surface area (Å²) < 4.78 is 33.5. The highest BCUT2D eigenvalue weighted by molar-refractivity contribution is 5.81. The molecule has 7 heteroatoms. The summed E-state index contributed by atoms with van der Waals surface area (Å²) >= 11 is 0. The summed E-state index contributed by atoms with van der Waals surface area (Å²) in [4.78, 5) is 28.5. The SMILES string of the molecule is CCC(Oc1ccc2c(c1)C(c1ccc(F)cc1)N(C(=O)C1CCCC1)CC2)C(=O)NCc1cccc(F)c1. The molecule has 2 atom stereocenters. The van der Waals surface area contributed by atoms with E-state index in [2.05, 4.69) is 5.32 Å². The van der Waals surface area contributed by atoms with E-state index < -0.39 is 6.10 Å². The number of fused-ring (bicyclic) bond motifs is 1. The van der Waals surface area contributed by atoms with Crippen LogP contribution in [-0.4, -0.2) is 29.4 Å². The Morgan fingerprint density at radius 2 is 1.77 bits per heavy atom. The first-order valence-corrected chi connectivity index (χ1v) is 13.8. The van der Waals surface area contributed by atoms with Gasteiger partial charge < -0.3 is 15.0 Å². The van der Waals surface area contributed by atoms with E-state index in [4.69, 9.17) is 4.74 Å². The number of ether oxygens (including phenoxy) is 1. The molecule has 39 heavy (non-hydrogen) atoms. The van der Waals surface area contributed by atoms with Gasteiger partial charge in [0.25, 0.3) is 5.91 Å². The summed E-state index contributed by atoms with van der Waals surface area (Å²) in [5.41, 5.74) is 3.56. The number of amides is 2. The van der Waals surface area contributed by atoms with E-state index in [0.717, 1.165) is 48.8 Å². The second-order valence-corrected chi connectivity index (χ2v) is 10.4. The van der Waals surface area contributed by atoms with Crippen LogP contribution in [0, 0.1) is 17.6 Å². The molecule has 5 rings (SSSR count). The predicted molar refractivity (Wildman–Crippen MR) is 145 cm³/mol. The number of carbonyl (C=O) groups is 2. The van der Waals surface area contributed by atoms with Gasteiger partial charge in [0.2, 0.25) is 5.91 Å². The minimum absolute atomic E-state index is 0.0280. The van der Waals surface area contributed by atoms with Crippen molar-refractivity contribution in [2.45, 2.75) is 64.1 Å². The first-order chi connectivity index (χ1) is 18.9. The number of benzene rings is 3. The molecule has 3 aromatic carbocycles. The lowest BCUT2D eigenvalue weighted by Crippen LogP contribution is -2.43. The summed E-state index contributed by atoms with van der Waals surface area (Å²) in [5.74, 6) is -0.246. The summed E-state index contributed by atoms with van der Waals surface area (Å²) in [7, 11) is 0. The van der Waals surface area contributed by atoms with E-state index >= 15 is 0 Å². The van der Waals surface area contributed by atoms with E-state index in [1.165, 1.54) is 24.3 Å². The minimum atomic E-state index is -0.735. The van der Waals surface area contributed by atoms with Crippen molar-refractivity contribution in [1.82, 2.24) is 10.2 Å². The zero-order chi connectivity index (χ0) is 27.4. The molecule has 1 N–H and O–H groups in total. The van der Waals surface area contributed by atoms with Crippen LogP contribution in [-0.2, 0) is 22.6 Å². The Balaban J connectivity index is 1.38. The van der Waals surface area contributed by atoms with Gasteiger partial charge in [-0.1, -0.05) is 50.1 Å². The van der Waals surface area contributed by atoms with Crippen LogP contribution in [0.25, 0.3) is 0 Å². The highest BCUT2D eigenvalue weighted by Crippen LogP contribution is 2.40. The first-order valence-electron chi connectivity index (χ1n) is 13.8. The average molecular weight is 533 g/mol. The molecule has 0 saturated heterocycles. The van der Waals surface area contributed by atoms with Crippen LogP contribution >= 0.6 is 0 Å². The highest BCUT2D eigenvalue weighted by Gasteiger charge is 2.36. The van der Waals surface area contributed by atoms with Gasteiger partial charge in [0, 0.05) is 19.0 Å². The maximum atomic E-state index is 13.8. The van der Waals surface area contributed by atoms with Crippen LogP contribution < -0.4 is 10.1 Å².